The second-order valence-electron chi connectivity index (χ2n) is 6.72. The molecule has 1 N–H and O–H groups in total. The highest BCUT2D eigenvalue weighted by Crippen LogP contribution is 2.30. The number of amides is 1. The lowest BCUT2D eigenvalue weighted by Crippen LogP contribution is -2.19. The summed E-state index contributed by atoms with van der Waals surface area (Å²) in [5, 5.41) is 9.02. The summed E-state index contributed by atoms with van der Waals surface area (Å²) in [6.07, 6.45) is 0. The highest BCUT2D eigenvalue weighted by Gasteiger charge is 2.15. The molecule has 29 heavy (non-hydrogen) atoms. The standard InChI is InChI=1S/C23H18ClN3O2/c1-15(28)16-7-10-19(11-8-16)25-22(29)14-27-21-12-9-18(24)13-20(21)23(26-27)17-5-3-2-4-6-17/h2-13H,14H2,1H3,(H,25,29). The average molecular weight is 404 g/mol. The molecule has 0 aliphatic heterocycles. The zero-order valence-corrected chi connectivity index (χ0v) is 16.5. The van der Waals surface area contributed by atoms with Crippen LogP contribution in [0.2, 0.25) is 5.02 Å². The van der Waals surface area contributed by atoms with Crippen LogP contribution in [0.3, 0.4) is 0 Å². The molecule has 3 aromatic carbocycles. The van der Waals surface area contributed by atoms with Crippen LogP contribution in [-0.2, 0) is 11.3 Å². The number of anilines is 1. The van der Waals surface area contributed by atoms with Crippen molar-refractivity contribution >= 4 is 39.9 Å². The van der Waals surface area contributed by atoms with E-state index in [4.69, 9.17) is 11.6 Å². The Labute approximate surface area is 172 Å². The van der Waals surface area contributed by atoms with Crippen LogP contribution in [0.25, 0.3) is 22.2 Å². The van der Waals surface area contributed by atoms with E-state index in [1.807, 2.05) is 42.5 Å². The van der Waals surface area contributed by atoms with E-state index in [0.29, 0.717) is 16.3 Å². The van der Waals surface area contributed by atoms with Gasteiger partial charge in [-0.15, -0.1) is 0 Å². The molecule has 0 saturated carbocycles. The van der Waals surface area contributed by atoms with Crippen molar-refractivity contribution in [2.24, 2.45) is 0 Å². The van der Waals surface area contributed by atoms with Gasteiger partial charge in [0.15, 0.2) is 5.78 Å². The second kappa shape index (κ2) is 7.89. The molecule has 5 nitrogen and oxygen atoms in total. The third-order valence-corrected chi connectivity index (χ3v) is 4.86. The zero-order chi connectivity index (χ0) is 20.4. The Morgan fingerprint density at radius 1 is 1.00 bits per heavy atom. The summed E-state index contributed by atoms with van der Waals surface area (Å²) in [5.41, 5.74) is 3.80. The highest BCUT2D eigenvalue weighted by atomic mass is 35.5. The van der Waals surface area contributed by atoms with Crippen LogP contribution in [0, 0.1) is 0 Å². The van der Waals surface area contributed by atoms with Crippen LogP contribution in [0.5, 0.6) is 0 Å². The number of carbonyl (C=O) groups excluding carboxylic acids is 2. The van der Waals surface area contributed by atoms with Crippen molar-refractivity contribution in [1.29, 1.82) is 0 Å². The van der Waals surface area contributed by atoms with Crippen molar-refractivity contribution in [1.82, 2.24) is 9.78 Å². The molecule has 144 valence electrons. The van der Waals surface area contributed by atoms with E-state index in [0.717, 1.165) is 22.2 Å². The van der Waals surface area contributed by atoms with Gasteiger partial charge in [-0.05, 0) is 49.4 Å². The van der Waals surface area contributed by atoms with E-state index in [9.17, 15) is 9.59 Å². The van der Waals surface area contributed by atoms with Crippen molar-refractivity contribution in [2.45, 2.75) is 13.5 Å². The van der Waals surface area contributed by atoms with Crippen LogP contribution < -0.4 is 5.32 Å². The van der Waals surface area contributed by atoms with Gasteiger partial charge in [-0.3, -0.25) is 14.3 Å². The van der Waals surface area contributed by atoms with Crippen LogP contribution >= 0.6 is 11.6 Å². The molecule has 1 heterocycles. The number of hydrogen-bond acceptors (Lipinski definition) is 3. The third-order valence-electron chi connectivity index (χ3n) is 4.63. The molecule has 1 aromatic heterocycles. The van der Waals surface area contributed by atoms with Gasteiger partial charge in [0.2, 0.25) is 5.91 Å². The Hall–Kier alpha value is -3.44. The predicted octanol–water partition coefficient (Wildman–Crippen LogP) is 5.20. The first-order chi connectivity index (χ1) is 14.0. The number of rotatable bonds is 5. The highest BCUT2D eigenvalue weighted by molar-refractivity contribution is 6.31. The SMILES string of the molecule is CC(=O)c1ccc(NC(=O)Cn2nc(-c3ccccc3)c3cc(Cl)ccc32)cc1. The first-order valence-electron chi connectivity index (χ1n) is 9.13. The van der Waals surface area contributed by atoms with Gasteiger partial charge < -0.3 is 5.32 Å². The van der Waals surface area contributed by atoms with Gasteiger partial charge >= 0.3 is 0 Å². The summed E-state index contributed by atoms with van der Waals surface area (Å²) in [6.45, 7) is 1.56. The molecule has 4 aromatic rings. The van der Waals surface area contributed by atoms with Gasteiger partial charge in [0.25, 0.3) is 0 Å². The molecule has 0 aliphatic rings. The molecule has 6 heteroatoms. The number of aromatic nitrogens is 2. The fourth-order valence-corrected chi connectivity index (χ4v) is 3.38. The number of fused-ring (bicyclic) bond motifs is 1. The van der Waals surface area contributed by atoms with Crippen LogP contribution in [-0.4, -0.2) is 21.5 Å². The Morgan fingerprint density at radius 2 is 1.72 bits per heavy atom. The molecular formula is C23H18ClN3O2. The number of nitrogens with one attached hydrogen (secondary N) is 1. The van der Waals surface area contributed by atoms with Crippen molar-refractivity contribution in [3.63, 3.8) is 0 Å². The lowest BCUT2D eigenvalue weighted by molar-refractivity contribution is -0.116. The van der Waals surface area contributed by atoms with E-state index in [-0.39, 0.29) is 18.2 Å². The van der Waals surface area contributed by atoms with Crippen LogP contribution in [0.1, 0.15) is 17.3 Å². The largest absolute Gasteiger partial charge is 0.324 e. The van der Waals surface area contributed by atoms with Crippen LogP contribution in [0.4, 0.5) is 5.69 Å². The fourth-order valence-electron chi connectivity index (χ4n) is 3.21. The summed E-state index contributed by atoms with van der Waals surface area (Å²) in [7, 11) is 0. The van der Waals surface area contributed by atoms with Gasteiger partial charge in [0.05, 0.1) is 5.52 Å². The van der Waals surface area contributed by atoms with E-state index >= 15 is 0 Å². The van der Waals surface area contributed by atoms with Crippen molar-refractivity contribution < 1.29 is 9.59 Å². The molecule has 0 fully saturated rings. The molecule has 0 spiro atoms. The first kappa shape index (κ1) is 18.9. The molecule has 0 atom stereocenters. The monoisotopic (exact) mass is 403 g/mol. The number of hydrogen-bond donors (Lipinski definition) is 1. The van der Waals surface area contributed by atoms with E-state index < -0.39 is 0 Å². The van der Waals surface area contributed by atoms with Crippen molar-refractivity contribution in [3.05, 3.63) is 83.4 Å². The maximum Gasteiger partial charge on any atom is 0.246 e. The number of nitrogens with zero attached hydrogens (tertiary/aromatic N) is 2. The summed E-state index contributed by atoms with van der Waals surface area (Å²) in [4.78, 5) is 24.0. The summed E-state index contributed by atoms with van der Waals surface area (Å²) in [5.74, 6) is -0.225. The quantitative estimate of drug-likeness (QED) is 0.466. The van der Waals surface area contributed by atoms with Gasteiger partial charge in [-0.2, -0.15) is 5.10 Å². The van der Waals surface area contributed by atoms with E-state index in [1.54, 1.807) is 35.0 Å². The molecule has 0 aliphatic carbocycles. The maximum atomic E-state index is 12.6. The fraction of sp³-hybridized carbons (Fsp3) is 0.0870. The topological polar surface area (TPSA) is 64.0 Å². The normalized spacial score (nSPS) is 10.8. The molecule has 0 unspecified atom stereocenters. The van der Waals surface area contributed by atoms with E-state index in [2.05, 4.69) is 10.4 Å². The zero-order valence-electron chi connectivity index (χ0n) is 15.7. The maximum absolute atomic E-state index is 12.6. The minimum atomic E-state index is -0.209. The smallest absolute Gasteiger partial charge is 0.246 e. The minimum Gasteiger partial charge on any atom is -0.324 e. The lowest BCUT2D eigenvalue weighted by Gasteiger charge is -2.07. The lowest BCUT2D eigenvalue weighted by atomic mass is 10.1. The number of halogens is 1. The Balaban J connectivity index is 1.62. The molecular weight excluding hydrogens is 386 g/mol. The summed E-state index contributed by atoms with van der Waals surface area (Å²) in [6, 6.07) is 22.1. The molecule has 1 amide bonds. The number of ketones is 1. The van der Waals surface area contributed by atoms with E-state index in [1.165, 1.54) is 6.92 Å². The molecule has 0 bridgehead atoms. The second-order valence-corrected chi connectivity index (χ2v) is 7.15. The molecule has 0 radical (unpaired) electrons. The van der Waals surface area contributed by atoms with Crippen molar-refractivity contribution in [2.75, 3.05) is 5.32 Å². The van der Waals surface area contributed by atoms with Gasteiger partial charge in [0.1, 0.15) is 12.2 Å². The number of benzene rings is 3. The van der Waals surface area contributed by atoms with Crippen LogP contribution in [0.15, 0.2) is 72.8 Å². The number of Topliss-reactive ketones (excluding diaryl/α,β-unsaturated/α-hetero) is 1. The van der Waals surface area contributed by atoms with Gasteiger partial charge in [0, 0.05) is 27.2 Å². The third kappa shape index (κ3) is 4.05. The molecule has 0 saturated heterocycles. The summed E-state index contributed by atoms with van der Waals surface area (Å²) >= 11 is 6.20. The molecule has 4 rings (SSSR count). The Bertz CT molecular complexity index is 1200. The minimum absolute atomic E-state index is 0.0158. The average Bonchev–Trinajstić information content (AvgIpc) is 3.06. The predicted molar refractivity (Wildman–Crippen MR) is 115 cm³/mol. The Morgan fingerprint density at radius 3 is 2.41 bits per heavy atom. The summed E-state index contributed by atoms with van der Waals surface area (Å²) < 4.78 is 1.67. The number of carbonyl (C=O) groups is 2. The van der Waals surface area contributed by atoms with Gasteiger partial charge in [-0.1, -0.05) is 41.9 Å². The van der Waals surface area contributed by atoms with Gasteiger partial charge in [-0.25, -0.2) is 0 Å². The first-order valence-corrected chi connectivity index (χ1v) is 9.51. The van der Waals surface area contributed by atoms with Crippen molar-refractivity contribution in [3.8, 4) is 11.3 Å². The Kier molecular flexibility index (Phi) is 5.14.